The second kappa shape index (κ2) is 6.34. The molecular weight excluding hydrogens is 356 g/mol. The summed E-state index contributed by atoms with van der Waals surface area (Å²) < 4.78 is 0. The monoisotopic (exact) mass is 380 g/mol. The number of pyridine rings is 1. The molecule has 0 aliphatic heterocycles. The van der Waals surface area contributed by atoms with Gasteiger partial charge in [0.05, 0.1) is 17.7 Å². The first kappa shape index (κ1) is 17.2. The molecule has 4 heteroatoms. The zero-order valence-electron chi connectivity index (χ0n) is 15.5. The van der Waals surface area contributed by atoms with Gasteiger partial charge in [-0.1, -0.05) is 29.8 Å². The molecule has 0 radical (unpaired) electrons. The van der Waals surface area contributed by atoms with Crippen LogP contribution in [0.3, 0.4) is 0 Å². The van der Waals surface area contributed by atoms with Crippen molar-refractivity contribution in [2.24, 2.45) is 17.3 Å². The van der Waals surface area contributed by atoms with Crippen molar-refractivity contribution in [1.29, 1.82) is 0 Å². The summed E-state index contributed by atoms with van der Waals surface area (Å²) in [4.78, 5) is 17.7. The molecule has 140 valence electrons. The number of hydrogen-bond acceptors (Lipinski definition) is 2. The van der Waals surface area contributed by atoms with Crippen LogP contribution in [-0.4, -0.2) is 10.9 Å². The molecule has 2 aromatic rings. The molecular formula is C23H25ClN2O. The minimum absolute atomic E-state index is 0.150. The van der Waals surface area contributed by atoms with Gasteiger partial charge in [-0.3, -0.25) is 9.78 Å². The number of carbonyl (C=O) groups is 1. The number of benzene rings is 1. The topological polar surface area (TPSA) is 42.0 Å². The van der Waals surface area contributed by atoms with Gasteiger partial charge in [-0.05, 0) is 85.6 Å². The molecule has 27 heavy (non-hydrogen) atoms. The summed E-state index contributed by atoms with van der Waals surface area (Å²) >= 11 is 6.13. The maximum atomic E-state index is 13.3. The summed E-state index contributed by atoms with van der Waals surface area (Å²) in [5, 5.41) is 3.99. The first-order valence-corrected chi connectivity index (χ1v) is 10.4. The van der Waals surface area contributed by atoms with E-state index in [4.69, 9.17) is 11.6 Å². The Kier molecular flexibility index (Phi) is 4.05. The van der Waals surface area contributed by atoms with Gasteiger partial charge in [0.1, 0.15) is 0 Å². The predicted molar refractivity (Wildman–Crippen MR) is 106 cm³/mol. The molecule has 1 aromatic heterocycles. The van der Waals surface area contributed by atoms with E-state index in [9.17, 15) is 4.79 Å². The number of amides is 1. The maximum Gasteiger partial charge on any atom is 0.226 e. The van der Waals surface area contributed by atoms with Crippen molar-refractivity contribution in [3.05, 3.63) is 64.9 Å². The van der Waals surface area contributed by atoms with Gasteiger partial charge in [0.15, 0.2) is 0 Å². The fraction of sp³-hybridized carbons (Fsp3) is 0.478. The quantitative estimate of drug-likeness (QED) is 0.820. The fourth-order valence-corrected chi connectivity index (χ4v) is 6.66. The lowest BCUT2D eigenvalue weighted by atomic mass is 9.42. The van der Waals surface area contributed by atoms with Crippen LogP contribution in [0.15, 0.2) is 48.7 Å². The van der Waals surface area contributed by atoms with Crippen LogP contribution in [0.5, 0.6) is 0 Å². The van der Waals surface area contributed by atoms with Crippen LogP contribution in [-0.2, 0) is 16.8 Å². The molecule has 1 aromatic carbocycles. The van der Waals surface area contributed by atoms with Crippen LogP contribution in [0.4, 0.5) is 0 Å². The Morgan fingerprint density at radius 3 is 2.48 bits per heavy atom. The smallest absolute Gasteiger partial charge is 0.226 e. The number of aromatic nitrogens is 1. The minimum Gasteiger partial charge on any atom is -0.350 e. The van der Waals surface area contributed by atoms with Gasteiger partial charge >= 0.3 is 0 Å². The van der Waals surface area contributed by atoms with E-state index in [1.165, 1.54) is 24.8 Å². The van der Waals surface area contributed by atoms with E-state index >= 15 is 0 Å². The van der Waals surface area contributed by atoms with E-state index in [0.717, 1.165) is 30.0 Å². The summed E-state index contributed by atoms with van der Waals surface area (Å²) in [6.45, 7) is 0.519. The van der Waals surface area contributed by atoms with Gasteiger partial charge in [-0.25, -0.2) is 0 Å². The average molecular weight is 381 g/mol. The molecule has 2 atom stereocenters. The Morgan fingerprint density at radius 2 is 1.81 bits per heavy atom. The van der Waals surface area contributed by atoms with E-state index in [1.54, 1.807) is 6.20 Å². The van der Waals surface area contributed by atoms with Gasteiger partial charge in [0, 0.05) is 11.2 Å². The SMILES string of the molecule is O=C(NCc1ccccn1)C12CC3CC(C1)CC(c1ccc(Cl)cc1)(C3)C2. The van der Waals surface area contributed by atoms with Crippen LogP contribution in [0, 0.1) is 17.3 Å². The molecule has 4 aliphatic rings. The van der Waals surface area contributed by atoms with Crippen LogP contribution in [0.25, 0.3) is 0 Å². The fourth-order valence-electron chi connectivity index (χ4n) is 6.53. The molecule has 4 aliphatic carbocycles. The van der Waals surface area contributed by atoms with Gasteiger partial charge in [0.25, 0.3) is 0 Å². The third kappa shape index (κ3) is 2.97. The highest BCUT2D eigenvalue weighted by Crippen LogP contribution is 2.65. The summed E-state index contributed by atoms with van der Waals surface area (Å²) in [6.07, 6.45) is 8.59. The van der Waals surface area contributed by atoms with Gasteiger partial charge in [0.2, 0.25) is 5.91 Å². The summed E-state index contributed by atoms with van der Waals surface area (Å²) in [5.41, 5.74) is 2.24. The largest absolute Gasteiger partial charge is 0.350 e. The van der Waals surface area contributed by atoms with E-state index < -0.39 is 0 Å². The molecule has 0 saturated heterocycles. The predicted octanol–water partition coefficient (Wildman–Crippen LogP) is 4.89. The average Bonchev–Trinajstić information content (AvgIpc) is 2.66. The third-order valence-corrected chi connectivity index (χ3v) is 7.41. The summed E-state index contributed by atoms with van der Waals surface area (Å²) in [5.74, 6) is 1.57. The van der Waals surface area contributed by atoms with E-state index in [2.05, 4.69) is 22.4 Å². The normalized spacial score (nSPS) is 33.8. The van der Waals surface area contributed by atoms with Crippen molar-refractivity contribution in [2.75, 3.05) is 0 Å². The lowest BCUT2D eigenvalue weighted by Crippen LogP contribution is -2.59. The lowest BCUT2D eigenvalue weighted by molar-refractivity contribution is -0.149. The number of hydrogen-bond donors (Lipinski definition) is 1. The lowest BCUT2D eigenvalue weighted by Gasteiger charge is -2.61. The number of halogens is 1. The molecule has 4 fully saturated rings. The highest BCUT2D eigenvalue weighted by Gasteiger charge is 2.60. The van der Waals surface area contributed by atoms with Crippen LogP contribution < -0.4 is 5.32 Å². The van der Waals surface area contributed by atoms with Gasteiger partial charge in [-0.2, -0.15) is 0 Å². The molecule has 3 nitrogen and oxygen atoms in total. The molecule has 1 heterocycles. The highest BCUT2D eigenvalue weighted by molar-refractivity contribution is 6.30. The standard InChI is InChI=1S/C23H25ClN2O/c24-19-6-4-18(5-7-19)22-10-16-9-17(11-22)13-23(12-16,15-22)21(27)26-14-20-3-1-2-8-25-20/h1-8,16-17H,9-15H2,(H,26,27). The van der Waals surface area contributed by atoms with Crippen LogP contribution in [0.1, 0.15) is 49.8 Å². The number of rotatable bonds is 4. The van der Waals surface area contributed by atoms with Crippen molar-refractivity contribution < 1.29 is 4.79 Å². The van der Waals surface area contributed by atoms with Crippen molar-refractivity contribution in [1.82, 2.24) is 10.3 Å². The van der Waals surface area contributed by atoms with Crippen LogP contribution in [0.2, 0.25) is 5.02 Å². The molecule has 6 rings (SSSR count). The molecule has 4 bridgehead atoms. The maximum absolute atomic E-state index is 13.3. The van der Waals surface area contributed by atoms with Gasteiger partial charge < -0.3 is 5.32 Å². The first-order chi connectivity index (χ1) is 13.1. The molecule has 1 amide bonds. The molecule has 1 N–H and O–H groups in total. The molecule has 4 saturated carbocycles. The van der Waals surface area contributed by atoms with Crippen molar-refractivity contribution >= 4 is 17.5 Å². The highest BCUT2D eigenvalue weighted by atomic mass is 35.5. The number of nitrogens with one attached hydrogen (secondary N) is 1. The minimum atomic E-state index is -0.210. The number of carbonyl (C=O) groups excluding carboxylic acids is 1. The van der Waals surface area contributed by atoms with E-state index in [1.807, 2.05) is 30.3 Å². The Morgan fingerprint density at radius 1 is 1.07 bits per heavy atom. The van der Waals surface area contributed by atoms with Gasteiger partial charge in [-0.15, -0.1) is 0 Å². The molecule has 2 unspecified atom stereocenters. The zero-order valence-corrected chi connectivity index (χ0v) is 16.2. The van der Waals surface area contributed by atoms with E-state index in [0.29, 0.717) is 18.4 Å². The second-order valence-corrected chi connectivity index (χ2v) is 9.47. The summed E-state index contributed by atoms with van der Waals surface area (Å²) in [7, 11) is 0. The van der Waals surface area contributed by atoms with Crippen molar-refractivity contribution in [2.45, 2.75) is 50.5 Å². The Labute approximate surface area is 165 Å². The zero-order chi connectivity index (χ0) is 18.5. The second-order valence-electron chi connectivity index (χ2n) is 9.03. The Bertz CT molecular complexity index is 834. The first-order valence-electron chi connectivity index (χ1n) is 10.0. The Hall–Kier alpha value is -1.87. The molecule has 0 spiro atoms. The summed E-state index contributed by atoms with van der Waals surface area (Å²) in [6, 6.07) is 14.2. The Balaban J connectivity index is 1.41. The van der Waals surface area contributed by atoms with Crippen molar-refractivity contribution in [3.63, 3.8) is 0 Å². The van der Waals surface area contributed by atoms with Crippen molar-refractivity contribution in [3.8, 4) is 0 Å². The number of nitrogens with zero attached hydrogens (tertiary/aromatic N) is 1. The van der Waals surface area contributed by atoms with E-state index in [-0.39, 0.29) is 16.7 Å². The third-order valence-electron chi connectivity index (χ3n) is 7.16. The van der Waals surface area contributed by atoms with Crippen LogP contribution >= 0.6 is 11.6 Å².